The van der Waals surface area contributed by atoms with Crippen LogP contribution >= 0.6 is 22.6 Å². The van der Waals surface area contributed by atoms with Crippen molar-refractivity contribution >= 4 is 39.8 Å². The van der Waals surface area contributed by atoms with Crippen LogP contribution in [0.3, 0.4) is 0 Å². The number of aromatic amines is 1. The first-order valence-corrected chi connectivity index (χ1v) is 7.58. The van der Waals surface area contributed by atoms with Gasteiger partial charge in [0.05, 0.1) is 6.33 Å². The number of anilines is 3. The van der Waals surface area contributed by atoms with Crippen LogP contribution in [0.15, 0.2) is 35.4 Å². The van der Waals surface area contributed by atoms with E-state index < -0.39 is 0 Å². The smallest absolute Gasteiger partial charge is 0.266 e. The highest BCUT2D eigenvalue weighted by Crippen LogP contribution is 2.21. The lowest BCUT2D eigenvalue weighted by Gasteiger charge is -2.21. The van der Waals surface area contributed by atoms with Gasteiger partial charge in [-0.2, -0.15) is 0 Å². The fraction of sp³-hybridized carbons (Fsp3) is 0.286. The lowest BCUT2D eigenvalue weighted by atomic mass is 10.2. The molecule has 0 saturated carbocycles. The molecule has 0 amide bonds. The van der Waals surface area contributed by atoms with Crippen molar-refractivity contribution in [2.24, 2.45) is 0 Å². The summed E-state index contributed by atoms with van der Waals surface area (Å²) < 4.78 is 0.554. The molecule has 0 aliphatic rings. The molecule has 2 rings (SSSR count). The molecule has 0 fully saturated rings. The Labute approximate surface area is 131 Å². The van der Waals surface area contributed by atoms with Crippen molar-refractivity contribution in [3.63, 3.8) is 0 Å². The maximum atomic E-state index is 11.5. The van der Waals surface area contributed by atoms with Crippen molar-refractivity contribution in [2.45, 2.75) is 13.8 Å². The molecule has 1 aromatic carbocycles. The van der Waals surface area contributed by atoms with E-state index in [1.54, 1.807) is 0 Å². The number of nitrogens with one attached hydrogen (secondary N) is 2. The molecular weight excluding hydrogens is 367 g/mol. The molecule has 106 valence electrons. The summed E-state index contributed by atoms with van der Waals surface area (Å²) in [5, 5.41) is 3.16. The van der Waals surface area contributed by atoms with E-state index in [0.717, 1.165) is 18.8 Å². The third kappa shape index (κ3) is 3.30. The average Bonchev–Trinajstić information content (AvgIpc) is 2.47. The fourth-order valence-corrected chi connectivity index (χ4v) is 2.38. The molecule has 0 bridgehead atoms. The Morgan fingerprint density at radius 2 is 1.90 bits per heavy atom. The van der Waals surface area contributed by atoms with Crippen molar-refractivity contribution in [1.29, 1.82) is 0 Å². The average molecular weight is 384 g/mol. The highest BCUT2D eigenvalue weighted by Gasteiger charge is 2.06. The molecule has 0 aliphatic carbocycles. The number of aromatic nitrogens is 2. The number of benzene rings is 1. The second-order valence-electron chi connectivity index (χ2n) is 4.24. The molecule has 2 N–H and O–H groups in total. The highest BCUT2D eigenvalue weighted by atomic mass is 127. The van der Waals surface area contributed by atoms with E-state index in [0.29, 0.717) is 9.39 Å². The highest BCUT2D eigenvalue weighted by molar-refractivity contribution is 14.1. The first-order chi connectivity index (χ1) is 9.65. The van der Waals surface area contributed by atoms with Gasteiger partial charge < -0.3 is 15.2 Å². The van der Waals surface area contributed by atoms with Crippen molar-refractivity contribution in [3.8, 4) is 0 Å². The van der Waals surface area contributed by atoms with Crippen LogP contribution in [0.1, 0.15) is 13.8 Å². The predicted molar refractivity (Wildman–Crippen MR) is 90.9 cm³/mol. The molecule has 0 spiro atoms. The minimum absolute atomic E-state index is 0.136. The van der Waals surface area contributed by atoms with E-state index in [-0.39, 0.29) is 5.56 Å². The fourth-order valence-electron chi connectivity index (χ4n) is 1.95. The Morgan fingerprint density at radius 1 is 1.25 bits per heavy atom. The maximum absolute atomic E-state index is 11.5. The lowest BCUT2D eigenvalue weighted by Crippen LogP contribution is -2.21. The number of halogens is 1. The molecule has 5 nitrogen and oxygen atoms in total. The van der Waals surface area contributed by atoms with Gasteiger partial charge in [0.25, 0.3) is 5.56 Å². The molecule has 0 unspecified atom stereocenters. The summed E-state index contributed by atoms with van der Waals surface area (Å²) in [4.78, 5) is 20.5. The van der Waals surface area contributed by atoms with Gasteiger partial charge in [-0.05, 0) is 60.7 Å². The van der Waals surface area contributed by atoms with Crippen molar-refractivity contribution < 1.29 is 0 Å². The summed E-state index contributed by atoms with van der Waals surface area (Å²) in [5.74, 6) is 0.574. The molecule has 20 heavy (non-hydrogen) atoms. The largest absolute Gasteiger partial charge is 0.372 e. The SMILES string of the molecule is CCN(CC)c1ccc(Nc2nc[nH]c(=O)c2I)cc1. The minimum atomic E-state index is -0.136. The maximum Gasteiger partial charge on any atom is 0.266 e. The number of nitrogens with zero attached hydrogens (tertiary/aromatic N) is 2. The van der Waals surface area contributed by atoms with E-state index in [9.17, 15) is 4.79 Å². The number of H-pyrrole nitrogens is 1. The Bertz CT molecular complexity index is 620. The summed E-state index contributed by atoms with van der Waals surface area (Å²) >= 11 is 1.98. The Morgan fingerprint density at radius 3 is 2.50 bits per heavy atom. The minimum Gasteiger partial charge on any atom is -0.372 e. The van der Waals surface area contributed by atoms with Crippen molar-refractivity contribution in [2.75, 3.05) is 23.3 Å². The number of hydrogen-bond donors (Lipinski definition) is 2. The Balaban J connectivity index is 2.19. The molecule has 2 aromatic rings. The first-order valence-electron chi connectivity index (χ1n) is 6.51. The molecule has 1 heterocycles. The number of hydrogen-bond acceptors (Lipinski definition) is 4. The zero-order valence-electron chi connectivity index (χ0n) is 11.5. The molecular formula is C14H17IN4O. The van der Waals surface area contributed by atoms with Crippen molar-refractivity contribution in [1.82, 2.24) is 9.97 Å². The first kappa shape index (κ1) is 14.8. The standard InChI is InChI=1S/C14H17IN4O/c1-3-19(4-2)11-7-5-10(6-8-11)18-13-12(15)14(20)17-9-16-13/h5-9H,3-4H2,1-2H3,(H2,16,17,18,20). The molecule has 1 aromatic heterocycles. The summed E-state index contributed by atoms with van der Waals surface area (Å²) in [6.07, 6.45) is 1.40. The van der Waals surface area contributed by atoms with E-state index in [1.165, 1.54) is 12.0 Å². The van der Waals surface area contributed by atoms with E-state index in [2.05, 4.69) is 46.2 Å². The normalized spacial score (nSPS) is 10.3. The summed E-state index contributed by atoms with van der Waals surface area (Å²) in [6, 6.07) is 8.12. The van der Waals surface area contributed by atoms with Gasteiger partial charge in [0.2, 0.25) is 0 Å². The summed E-state index contributed by atoms with van der Waals surface area (Å²) in [6.45, 7) is 6.24. The monoisotopic (exact) mass is 384 g/mol. The van der Waals surface area contributed by atoms with Gasteiger partial charge in [-0.15, -0.1) is 0 Å². The Hall–Kier alpha value is -1.57. The van der Waals surface area contributed by atoms with E-state index in [1.807, 2.05) is 34.7 Å². The van der Waals surface area contributed by atoms with Crippen LogP contribution in [0.4, 0.5) is 17.2 Å². The van der Waals surface area contributed by atoms with Crippen LogP contribution in [0, 0.1) is 3.57 Å². The third-order valence-electron chi connectivity index (χ3n) is 3.06. The molecule has 0 atom stereocenters. The zero-order chi connectivity index (χ0) is 14.5. The number of rotatable bonds is 5. The van der Waals surface area contributed by atoms with Crippen LogP contribution in [-0.2, 0) is 0 Å². The predicted octanol–water partition coefficient (Wildman–Crippen LogP) is 2.96. The van der Waals surface area contributed by atoms with Gasteiger partial charge in [-0.1, -0.05) is 0 Å². The van der Waals surface area contributed by atoms with Gasteiger partial charge in [-0.25, -0.2) is 4.98 Å². The lowest BCUT2D eigenvalue weighted by molar-refractivity contribution is 0.866. The molecule has 0 radical (unpaired) electrons. The van der Waals surface area contributed by atoms with Gasteiger partial charge in [0, 0.05) is 24.5 Å². The quantitative estimate of drug-likeness (QED) is 0.779. The van der Waals surface area contributed by atoms with Crippen LogP contribution in [0.5, 0.6) is 0 Å². The molecule has 0 saturated heterocycles. The van der Waals surface area contributed by atoms with Gasteiger partial charge in [-0.3, -0.25) is 4.79 Å². The van der Waals surface area contributed by atoms with Crippen LogP contribution < -0.4 is 15.8 Å². The van der Waals surface area contributed by atoms with Gasteiger partial charge >= 0.3 is 0 Å². The third-order valence-corrected chi connectivity index (χ3v) is 4.06. The van der Waals surface area contributed by atoms with Crippen LogP contribution in [0.2, 0.25) is 0 Å². The topological polar surface area (TPSA) is 61.0 Å². The molecule has 0 aliphatic heterocycles. The summed E-state index contributed by atoms with van der Waals surface area (Å²) in [5.41, 5.74) is 1.97. The molecule has 6 heteroatoms. The zero-order valence-corrected chi connectivity index (χ0v) is 13.6. The van der Waals surface area contributed by atoms with Crippen molar-refractivity contribution in [3.05, 3.63) is 44.5 Å². The van der Waals surface area contributed by atoms with E-state index in [4.69, 9.17) is 0 Å². The summed E-state index contributed by atoms with van der Waals surface area (Å²) in [7, 11) is 0. The van der Waals surface area contributed by atoms with Crippen LogP contribution in [0.25, 0.3) is 0 Å². The van der Waals surface area contributed by atoms with Gasteiger partial charge in [0.15, 0.2) is 5.82 Å². The second-order valence-corrected chi connectivity index (χ2v) is 5.32. The van der Waals surface area contributed by atoms with Gasteiger partial charge in [0.1, 0.15) is 3.57 Å². The van der Waals surface area contributed by atoms with E-state index >= 15 is 0 Å². The Kier molecular flexibility index (Phi) is 4.99. The van der Waals surface area contributed by atoms with Crippen LogP contribution in [-0.4, -0.2) is 23.1 Å². The second kappa shape index (κ2) is 6.74.